The second-order valence-corrected chi connectivity index (χ2v) is 9.30. The number of amides is 1. The lowest BCUT2D eigenvalue weighted by Crippen LogP contribution is -2.41. The van der Waals surface area contributed by atoms with E-state index >= 15 is 0 Å². The fourth-order valence-corrected chi connectivity index (χ4v) is 4.03. The monoisotopic (exact) mass is 438 g/mol. The van der Waals surface area contributed by atoms with Crippen molar-refractivity contribution in [3.8, 4) is 5.75 Å². The van der Waals surface area contributed by atoms with Crippen LogP contribution in [0.25, 0.3) is 0 Å². The summed E-state index contributed by atoms with van der Waals surface area (Å²) in [7, 11) is -2.32. The van der Waals surface area contributed by atoms with E-state index in [0.29, 0.717) is 17.2 Å². The predicted octanol–water partition coefficient (Wildman–Crippen LogP) is 4.00. The van der Waals surface area contributed by atoms with E-state index in [-0.39, 0.29) is 18.3 Å². The fourth-order valence-electron chi connectivity index (χ4n) is 3.01. The highest BCUT2D eigenvalue weighted by Crippen LogP contribution is 2.32. The summed E-state index contributed by atoms with van der Waals surface area (Å²) in [5, 5.41) is 3.28. The van der Waals surface area contributed by atoms with E-state index in [1.807, 2.05) is 39.0 Å². The van der Waals surface area contributed by atoms with Crippen molar-refractivity contribution in [2.24, 2.45) is 0 Å². The number of hydrogen-bond donors (Lipinski definition) is 1. The molecule has 0 radical (unpaired) electrons. The van der Waals surface area contributed by atoms with E-state index in [1.54, 1.807) is 12.1 Å². The summed E-state index contributed by atoms with van der Waals surface area (Å²) in [5.74, 6) is -0.101. The number of aryl methyl sites for hydroxylation is 2. The summed E-state index contributed by atoms with van der Waals surface area (Å²) in [5.41, 5.74) is 3.51. The Hall–Kier alpha value is -2.25. The van der Waals surface area contributed by atoms with Gasteiger partial charge in [-0.15, -0.1) is 0 Å². The van der Waals surface area contributed by atoms with E-state index in [1.165, 1.54) is 18.7 Å². The smallest absolute Gasteiger partial charge is 0.241 e. The summed E-state index contributed by atoms with van der Waals surface area (Å²) >= 11 is 6.04. The minimum Gasteiger partial charge on any atom is -0.495 e. The van der Waals surface area contributed by atoms with Crippen LogP contribution in [-0.2, 0) is 14.8 Å². The first-order chi connectivity index (χ1) is 13.6. The molecular formula is C21H27ClN2O4S. The van der Waals surface area contributed by atoms with Crippen LogP contribution in [0.15, 0.2) is 36.4 Å². The summed E-state index contributed by atoms with van der Waals surface area (Å²) in [4.78, 5) is 12.8. The van der Waals surface area contributed by atoms with Gasteiger partial charge in [0.15, 0.2) is 0 Å². The maximum atomic E-state index is 12.8. The van der Waals surface area contributed by atoms with Gasteiger partial charge in [-0.3, -0.25) is 9.10 Å². The van der Waals surface area contributed by atoms with Gasteiger partial charge in [0.1, 0.15) is 12.3 Å². The minimum absolute atomic E-state index is 0.218. The van der Waals surface area contributed by atoms with Gasteiger partial charge in [0.2, 0.25) is 15.9 Å². The average molecular weight is 439 g/mol. The Balaban J connectivity index is 2.29. The summed E-state index contributed by atoms with van der Waals surface area (Å²) in [6.45, 7) is 5.64. The van der Waals surface area contributed by atoms with Gasteiger partial charge in [0.05, 0.1) is 25.1 Å². The van der Waals surface area contributed by atoms with Gasteiger partial charge >= 0.3 is 0 Å². The summed E-state index contributed by atoms with van der Waals surface area (Å²) < 4.78 is 31.1. The Labute approximate surface area is 177 Å². The summed E-state index contributed by atoms with van der Waals surface area (Å²) in [6, 6.07) is 10.4. The number of sulfonamides is 1. The first-order valence-electron chi connectivity index (χ1n) is 9.24. The largest absolute Gasteiger partial charge is 0.495 e. The highest BCUT2D eigenvalue weighted by molar-refractivity contribution is 7.92. The van der Waals surface area contributed by atoms with Gasteiger partial charge in [-0.25, -0.2) is 8.42 Å². The van der Waals surface area contributed by atoms with Crippen LogP contribution < -0.4 is 14.4 Å². The van der Waals surface area contributed by atoms with Crippen LogP contribution in [0, 0.1) is 13.8 Å². The molecule has 0 spiro atoms. The second-order valence-electron chi connectivity index (χ2n) is 6.96. The third kappa shape index (κ3) is 5.87. The topological polar surface area (TPSA) is 75.7 Å². The Morgan fingerprint density at radius 3 is 2.41 bits per heavy atom. The first-order valence-corrected chi connectivity index (χ1v) is 11.5. The van der Waals surface area contributed by atoms with Crippen molar-refractivity contribution < 1.29 is 17.9 Å². The minimum atomic E-state index is -3.75. The normalized spacial score (nSPS) is 12.3. The molecule has 0 heterocycles. The van der Waals surface area contributed by atoms with Crippen LogP contribution in [0.2, 0.25) is 5.02 Å². The number of carbonyl (C=O) groups excluding carboxylic acids is 1. The van der Waals surface area contributed by atoms with E-state index < -0.39 is 15.9 Å². The lowest BCUT2D eigenvalue weighted by molar-refractivity contribution is -0.120. The Bertz CT molecular complexity index is 992. The van der Waals surface area contributed by atoms with Crippen molar-refractivity contribution in [2.75, 3.05) is 24.2 Å². The van der Waals surface area contributed by atoms with Crippen LogP contribution >= 0.6 is 11.6 Å². The Kier molecular flexibility index (Phi) is 7.54. The highest BCUT2D eigenvalue weighted by atomic mass is 35.5. The number of hydrogen-bond acceptors (Lipinski definition) is 4. The molecule has 0 saturated carbocycles. The lowest BCUT2D eigenvalue weighted by atomic mass is 9.99. The lowest BCUT2D eigenvalue weighted by Gasteiger charge is -2.25. The fraction of sp³-hybridized carbons (Fsp3) is 0.381. The van der Waals surface area contributed by atoms with Gasteiger partial charge in [-0.05, 0) is 55.2 Å². The van der Waals surface area contributed by atoms with Crippen LogP contribution in [0.5, 0.6) is 5.75 Å². The quantitative estimate of drug-likeness (QED) is 0.675. The van der Waals surface area contributed by atoms with Gasteiger partial charge in [-0.1, -0.05) is 36.7 Å². The third-order valence-electron chi connectivity index (χ3n) is 4.77. The number of halogens is 1. The maximum Gasteiger partial charge on any atom is 0.241 e. The number of benzene rings is 2. The number of anilines is 1. The second kappa shape index (κ2) is 9.50. The standard InChI is InChI=1S/C21H27ClN2O4S/c1-6-18(16-8-7-14(2)15(3)11-16)23-21(25)13-24(29(5,26)27)19-12-17(22)9-10-20(19)28-4/h7-12,18H,6,13H2,1-5H3,(H,23,25)/t18-/m0/s1. The molecule has 0 bridgehead atoms. The summed E-state index contributed by atoms with van der Waals surface area (Å²) in [6.07, 6.45) is 1.72. The van der Waals surface area contributed by atoms with E-state index in [2.05, 4.69) is 5.32 Å². The molecule has 158 valence electrons. The molecule has 1 N–H and O–H groups in total. The van der Waals surface area contributed by atoms with Crippen LogP contribution in [0.4, 0.5) is 5.69 Å². The number of ether oxygens (including phenoxy) is 1. The number of carbonyl (C=O) groups is 1. The molecule has 29 heavy (non-hydrogen) atoms. The first kappa shape index (κ1) is 23.0. The van der Waals surface area contributed by atoms with Crippen molar-refractivity contribution in [3.63, 3.8) is 0 Å². The Morgan fingerprint density at radius 2 is 1.86 bits per heavy atom. The van der Waals surface area contributed by atoms with Crippen LogP contribution in [0.3, 0.4) is 0 Å². The van der Waals surface area contributed by atoms with Crippen molar-refractivity contribution >= 4 is 33.2 Å². The zero-order valence-electron chi connectivity index (χ0n) is 17.3. The van der Waals surface area contributed by atoms with Gasteiger partial charge in [0, 0.05) is 5.02 Å². The molecule has 0 saturated heterocycles. The van der Waals surface area contributed by atoms with Crippen molar-refractivity contribution in [2.45, 2.75) is 33.2 Å². The number of rotatable bonds is 8. The molecule has 0 aromatic heterocycles. The van der Waals surface area contributed by atoms with E-state index in [4.69, 9.17) is 16.3 Å². The van der Waals surface area contributed by atoms with E-state index in [0.717, 1.165) is 21.7 Å². The number of methoxy groups -OCH3 is 1. The number of nitrogens with one attached hydrogen (secondary N) is 1. The molecular weight excluding hydrogens is 412 g/mol. The number of nitrogens with zero attached hydrogens (tertiary/aromatic N) is 1. The van der Waals surface area contributed by atoms with Crippen molar-refractivity contribution in [3.05, 3.63) is 58.1 Å². The van der Waals surface area contributed by atoms with Gasteiger partial charge in [-0.2, -0.15) is 0 Å². The molecule has 6 nitrogen and oxygen atoms in total. The van der Waals surface area contributed by atoms with Crippen molar-refractivity contribution in [1.82, 2.24) is 5.32 Å². The van der Waals surface area contributed by atoms with Crippen LogP contribution in [-0.4, -0.2) is 34.2 Å². The Morgan fingerprint density at radius 1 is 1.17 bits per heavy atom. The van der Waals surface area contributed by atoms with Gasteiger partial charge in [0.25, 0.3) is 0 Å². The molecule has 2 aromatic carbocycles. The molecule has 8 heteroatoms. The molecule has 2 aromatic rings. The molecule has 1 atom stereocenters. The average Bonchev–Trinajstić information content (AvgIpc) is 2.65. The molecule has 0 aliphatic carbocycles. The maximum absolute atomic E-state index is 12.8. The van der Waals surface area contributed by atoms with Crippen LogP contribution in [0.1, 0.15) is 36.1 Å². The molecule has 0 unspecified atom stereocenters. The zero-order valence-corrected chi connectivity index (χ0v) is 18.9. The molecule has 1 amide bonds. The SMILES string of the molecule is CC[C@H](NC(=O)CN(c1cc(Cl)ccc1OC)S(C)(=O)=O)c1ccc(C)c(C)c1. The third-order valence-corrected chi connectivity index (χ3v) is 6.14. The molecule has 0 aliphatic rings. The van der Waals surface area contributed by atoms with E-state index in [9.17, 15) is 13.2 Å². The van der Waals surface area contributed by atoms with Crippen molar-refractivity contribution in [1.29, 1.82) is 0 Å². The predicted molar refractivity (Wildman–Crippen MR) is 117 cm³/mol. The highest BCUT2D eigenvalue weighted by Gasteiger charge is 2.25. The zero-order chi connectivity index (χ0) is 21.8. The molecule has 0 fully saturated rings. The molecule has 0 aliphatic heterocycles. The molecule has 2 rings (SSSR count). The van der Waals surface area contributed by atoms with Gasteiger partial charge < -0.3 is 10.1 Å².